The smallest absolute Gasteiger partial charge is 0.318 e. The van der Waals surface area contributed by atoms with Crippen LogP contribution in [0.4, 0.5) is 28.0 Å². The van der Waals surface area contributed by atoms with Crippen LogP contribution in [-0.4, -0.2) is 38.2 Å². The number of nitrogens with one attached hydrogen (secondary N) is 2. The molecule has 2 amide bonds. The molecule has 3 aliphatic rings. The molecule has 2 aromatic rings. The monoisotopic (exact) mass is 383 g/mol. The lowest BCUT2D eigenvalue weighted by Gasteiger charge is -2.54. The highest BCUT2D eigenvalue weighted by atomic mass is 19.4. The molecule has 2 saturated heterocycles. The van der Waals surface area contributed by atoms with E-state index in [1.807, 2.05) is 0 Å². The summed E-state index contributed by atoms with van der Waals surface area (Å²) in [7, 11) is 0. The zero-order chi connectivity index (χ0) is 19.3. The molecule has 2 atom stereocenters. The van der Waals surface area contributed by atoms with Crippen molar-refractivity contribution in [2.24, 2.45) is 5.92 Å². The number of halogens is 4. The highest BCUT2D eigenvalue weighted by Crippen LogP contribution is 2.42. The molecule has 2 N–H and O–H groups in total. The Labute approximate surface area is 152 Å². The summed E-state index contributed by atoms with van der Waals surface area (Å²) in [4.78, 5) is 17.9. The molecule has 3 heterocycles. The zero-order valence-electron chi connectivity index (χ0n) is 14.3. The number of hydrogen-bond donors (Lipinski definition) is 2. The van der Waals surface area contributed by atoms with Gasteiger partial charge in [0.2, 0.25) is 0 Å². The molecule has 27 heavy (non-hydrogen) atoms. The molecule has 3 fully saturated rings. The molecular weight excluding hydrogens is 366 g/mol. The van der Waals surface area contributed by atoms with Crippen LogP contribution >= 0.6 is 0 Å². The van der Waals surface area contributed by atoms with E-state index >= 15 is 0 Å². The van der Waals surface area contributed by atoms with Gasteiger partial charge in [0.25, 0.3) is 0 Å². The molecule has 144 valence electrons. The minimum absolute atomic E-state index is 0.102. The number of aromatic nitrogens is 3. The van der Waals surface area contributed by atoms with Crippen molar-refractivity contribution in [1.82, 2.24) is 20.1 Å². The van der Waals surface area contributed by atoms with Crippen molar-refractivity contribution in [2.45, 2.75) is 44.4 Å². The van der Waals surface area contributed by atoms with Gasteiger partial charge in [-0.15, -0.1) is 0 Å². The Balaban J connectivity index is 1.64. The average molecular weight is 383 g/mol. The van der Waals surface area contributed by atoms with Gasteiger partial charge in [-0.05, 0) is 37.3 Å². The lowest BCUT2D eigenvalue weighted by Crippen LogP contribution is -2.63. The molecule has 2 aliphatic heterocycles. The summed E-state index contributed by atoms with van der Waals surface area (Å²) >= 11 is 0. The molecule has 1 aromatic carbocycles. The number of H-pyrrole nitrogens is 1. The third-order valence-corrected chi connectivity index (χ3v) is 5.24. The Morgan fingerprint density at radius 3 is 2.56 bits per heavy atom. The summed E-state index contributed by atoms with van der Waals surface area (Å²) < 4.78 is 54.1. The van der Waals surface area contributed by atoms with Crippen molar-refractivity contribution >= 4 is 11.7 Å². The maximum atomic E-state index is 14.3. The van der Waals surface area contributed by atoms with E-state index in [1.165, 1.54) is 0 Å². The molecule has 10 heteroatoms. The van der Waals surface area contributed by atoms with E-state index in [0.717, 1.165) is 31.7 Å². The summed E-state index contributed by atoms with van der Waals surface area (Å²) in [5.74, 6) is -0.788. The van der Waals surface area contributed by atoms with E-state index in [-0.39, 0.29) is 29.2 Å². The van der Waals surface area contributed by atoms with Crippen LogP contribution in [0.2, 0.25) is 0 Å². The standard InChI is InChI=1S/C17H17F4N5O/c1-8-2-9-4-10(3-8)26(9)16(27)24-14-5-11(15-22-7-23-25-15)12(6-13(14)18)17(19,20)21/h5-10H,2-4H2,1H3,(H,24,27)(H,22,23,25). The van der Waals surface area contributed by atoms with Gasteiger partial charge in [-0.3, -0.25) is 5.10 Å². The van der Waals surface area contributed by atoms with Crippen molar-refractivity contribution in [1.29, 1.82) is 0 Å². The SMILES string of the molecule is CC1CC2CC(C1)N2C(=O)Nc1cc(-c2ncn[nH]2)c(C(F)(F)F)cc1F. The van der Waals surface area contributed by atoms with Crippen LogP contribution < -0.4 is 5.32 Å². The van der Waals surface area contributed by atoms with E-state index in [9.17, 15) is 22.4 Å². The van der Waals surface area contributed by atoms with Gasteiger partial charge in [0.15, 0.2) is 5.82 Å². The van der Waals surface area contributed by atoms with Crippen molar-refractivity contribution < 1.29 is 22.4 Å². The molecule has 5 rings (SSSR count). The van der Waals surface area contributed by atoms with Crippen LogP contribution in [0.15, 0.2) is 18.5 Å². The number of carbonyl (C=O) groups excluding carboxylic acids is 1. The summed E-state index contributed by atoms with van der Waals surface area (Å²) in [6.45, 7) is 2.12. The highest BCUT2D eigenvalue weighted by Gasteiger charge is 2.46. The number of alkyl halides is 3. The third kappa shape index (κ3) is 3.13. The number of benzene rings is 1. The molecule has 6 nitrogen and oxygen atoms in total. The first-order valence-corrected chi connectivity index (χ1v) is 8.60. The lowest BCUT2D eigenvalue weighted by molar-refractivity contribution is -0.137. The number of fused-ring (bicyclic) bond motifs is 2. The third-order valence-electron chi connectivity index (χ3n) is 5.24. The number of aromatic amines is 1. The second kappa shape index (κ2) is 6.21. The normalized spacial score (nSPS) is 24.5. The first-order chi connectivity index (χ1) is 12.7. The average Bonchev–Trinajstić information content (AvgIpc) is 3.09. The number of carbonyl (C=O) groups is 1. The minimum atomic E-state index is -4.78. The Morgan fingerprint density at radius 2 is 1.96 bits per heavy atom. The molecule has 1 saturated carbocycles. The van der Waals surface area contributed by atoms with Gasteiger partial charge in [0.05, 0.1) is 11.3 Å². The number of nitrogens with zero attached hydrogens (tertiary/aromatic N) is 3. The Bertz CT molecular complexity index is 855. The second-order valence-corrected chi connectivity index (χ2v) is 7.17. The van der Waals surface area contributed by atoms with Gasteiger partial charge in [-0.25, -0.2) is 14.2 Å². The van der Waals surface area contributed by atoms with Crippen LogP contribution in [0.5, 0.6) is 0 Å². The molecule has 1 aromatic heterocycles. The number of amides is 2. The molecule has 2 bridgehead atoms. The summed E-state index contributed by atoms with van der Waals surface area (Å²) in [6.07, 6.45) is -1.06. The van der Waals surface area contributed by atoms with E-state index in [4.69, 9.17) is 0 Å². The van der Waals surface area contributed by atoms with Crippen LogP contribution in [0.3, 0.4) is 0 Å². The second-order valence-electron chi connectivity index (χ2n) is 7.17. The van der Waals surface area contributed by atoms with Crippen LogP contribution in [0.1, 0.15) is 31.7 Å². The van der Waals surface area contributed by atoms with Gasteiger partial charge in [-0.2, -0.15) is 18.3 Å². The largest absolute Gasteiger partial charge is 0.417 e. The van der Waals surface area contributed by atoms with Gasteiger partial charge in [0.1, 0.15) is 12.1 Å². The predicted octanol–water partition coefficient (Wildman–Crippen LogP) is 4.03. The molecular formula is C17H17F4N5O. The molecule has 0 spiro atoms. The Kier molecular flexibility index (Phi) is 4.08. The molecule has 0 radical (unpaired) electrons. The Morgan fingerprint density at radius 1 is 1.26 bits per heavy atom. The number of rotatable bonds is 2. The van der Waals surface area contributed by atoms with Gasteiger partial charge in [-0.1, -0.05) is 6.92 Å². The summed E-state index contributed by atoms with van der Waals surface area (Å²) in [6, 6.07) is 1.02. The van der Waals surface area contributed by atoms with Gasteiger partial charge < -0.3 is 10.2 Å². The van der Waals surface area contributed by atoms with Crippen molar-refractivity contribution in [2.75, 3.05) is 5.32 Å². The molecule has 1 aliphatic carbocycles. The highest BCUT2D eigenvalue weighted by molar-refractivity contribution is 5.91. The number of piperidine rings is 1. The Hall–Kier alpha value is -2.65. The van der Waals surface area contributed by atoms with Crippen LogP contribution in [0.25, 0.3) is 11.4 Å². The maximum absolute atomic E-state index is 14.3. The van der Waals surface area contributed by atoms with E-state index in [0.29, 0.717) is 12.0 Å². The predicted molar refractivity (Wildman–Crippen MR) is 88.2 cm³/mol. The molecule has 2 unspecified atom stereocenters. The fourth-order valence-electron chi connectivity index (χ4n) is 4.09. The van der Waals surface area contributed by atoms with E-state index in [2.05, 4.69) is 27.4 Å². The van der Waals surface area contributed by atoms with Crippen molar-refractivity contribution in [3.8, 4) is 11.4 Å². The zero-order valence-corrected chi connectivity index (χ0v) is 14.3. The summed E-state index contributed by atoms with van der Waals surface area (Å²) in [5, 5.41) is 8.30. The van der Waals surface area contributed by atoms with E-state index < -0.39 is 23.6 Å². The topological polar surface area (TPSA) is 73.9 Å². The number of anilines is 1. The van der Waals surface area contributed by atoms with Crippen LogP contribution in [0, 0.1) is 11.7 Å². The first-order valence-electron chi connectivity index (χ1n) is 8.60. The first kappa shape index (κ1) is 17.7. The van der Waals surface area contributed by atoms with E-state index in [1.54, 1.807) is 4.90 Å². The number of urea groups is 1. The van der Waals surface area contributed by atoms with Gasteiger partial charge in [0, 0.05) is 17.6 Å². The van der Waals surface area contributed by atoms with Crippen molar-refractivity contribution in [3.63, 3.8) is 0 Å². The quantitative estimate of drug-likeness (QED) is 0.769. The lowest BCUT2D eigenvalue weighted by atomic mass is 9.74. The van der Waals surface area contributed by atoms with Gasteiger partial charge >= 0.3 is 12.2 Å². The minimum Gasteiger partial charge on any atom is -0.318 e. The maximum Gasteiger partial charge on any atom is 0.417 e. The fourth-order valence-corrected chi connectivity index (χ4v) is 4.09. The fraction of sp³-hybridized carbons (Fsp3) is 0.471. The number of hydrogen-bond acceptors (Lipinski definition) is 3. The van der Waals surface area contributed by atoms with Crippen LogP contribution in [-0.2, 0) is 6.18 Å². The van der Waals surface area contributed by atoms with Crippen molar-refractivity contribution in [3.05, 3.63) is 29.8 Å². The summed E-state index contributed by atoms with van der Waals surface area (Å²) in [5.41, 5.74) is -1.89.